The lowest BCUT2D eigenvalue weighted by atomic mass is 10.1. The van der Waals surface area contributed by atoms with Gasteiger partial charge in [-0.25, -0.2) is 0 Å². The van der Waals surface area contributed by atoms with Crippen LogP contribution in [0.5, 0.6) is 0 Å². The molecule has 0 bridgehead atoms. The first-order valence-electron chi connectivity index (χ1n) is 4.69. The average molecular weight is 197 g/mol. The van der Waals surface area contributed by atoms with Crippen molar-refractivity contribution >= 4 is 11.8 Å². The molecule has 3 unspecified atom stereocenters. The molecule has 1 saturated heterocycles. The zero-order valence-electron chi connectivity index (χ0n) is 8.61. The van der Waals surface area contributed by atoms with Crippen molar-refractivity contribution in [3.63, 3.8) is 0 Å². The van der Waals surface area contributed by atoms with Crippen LogP contribution in [0.4, 0.5) is 0 Å². The third-order valence-electron chi connectivity index (χ3n) is 2.35. The van der Waals surface area contributed by atoms with E-state index in [1.54, 1.807) is 32.9 Å². The molecule has 0 saturated carbocycles. The third kappa shape index (κ3) is 2.20. The number of carbonyl (C=O) groups excluding carboxylic acids is 2. The zero-order chi connectivity index (χ0) is 10.7. The summed E-state index contributed by atoms with van der Waals surface area (Å²) in [5.41, 5.74) is 0. The number of nitrogens with one attached hydrogen (secondary N) is 1. The maximum Gasteiger partial charge on any atom is 0.259 e. The molecule has 0 aliphatic carbocycles. The van der Waals surface area contributed by atoms with Crippen LogP contribution in [0.1, 0.15) is 20.8 Å². The van der Waals surface area contributed by atoms with Crippen molar-refractivity contribution in [3.05, 3.63) is 12.2 Å². The molecule has 1 aliphatic rings. The van der Waals surface area contributed by atoms with Crippen LogP contribution < -0.4 is 5.32 Å². The van der Waals surface area contributed by atoms with Gasteiger partial charge < -0.3 is 4.74 Å². The van der Waals surface area contributed by atoms with Crippen LogP contribution in [0.15, 0.2) is 12.2 Å². The van der Waals surface area contributed by atoms with E-state index in [2.05, 4.69) is 5.32 Å². The molecule has 1 aliphatic heterocycles. The minimum atomic E-state index is -0.649. The van der Waals surface area contributed by atoms with Gasteiger partial charge in [0.2, 0.25) is 5.91 Å². The summed E-state index contributed by atoms with van der Waals surface area (Å²) >= 11 is 0. The van der Waals surface area contributed by atoms with Gasteiger partial charge in [0, 0.05) is 0 Å². The molecule has 0 aromatic carbocycles. The second-order valence-electron chi connectivity index (χ2n) is 3.43. The van der Waals surface area contributed by atoms with Crippen LogP contribution in [0.25, 0.3) is 0 Å². The molecule has 0 aromatic rings. The minimum Gasteiger partial charge on any atom is -0.360 e. The molecule has 1 N–H and O–H groups in total. The summed E-state index contributed by atoms with van der Waals surface area (Å²) in [7, 11) is 0. The molecule has 1 rings (SSSR count). The minimum absolute atomic E-state index is 0.248. The van der Waals surface area contributed by atoms with Crippen molar-refractivity contribution in [1.82, 2.24) is 5.32 Å². The smallest absolute Gasteiger partial charge is 0.259 e. The highest BCUT2D eigenvalue weighted by molar-refractivity contribution is 5.99. The normalized spacial score (nSPS) is 34.4. The molecular weight excluding hydrogens is 182 g/mol. The number of allylic oxidation sites excluding steroid dienone is 1. The summed E-state index contributed by atoms with van der Waals surface area (Å²) in [6.45, 7) is 5.34. The highest BCUT2D eigenvalue weighted by Gasteiger charge is 2.32. The Kier molecular flexibility index (Phi) is 3.41. The summed E-state index contributed by atoms with van der Waals surface area (Å²) in [4.78, 5) is 22.7. The molecule has 0 radical (unpaired) electrons. The van der Waals surface area contributed by atoms with E-state index in [-0.39, 0.29) is 23.8 Å². The Bertz CT molecular complexity index is 273. The SMILES string of the molecule is C/C=C\C1OC(C)C(C)C(=O)NC1=O. The van der Waals surface area contributed by atoms with Crippen molar-refractivity contribution in [3.8, 4) is 0 Å². The Morgan fingerprint density at radius 1 is 1.29 bits per heavy atom. The summed E-state index contributed by atoms with van der Waals surface area (Å²) in [6.07, 6.45) is 2.47. The van der Waals surface area contributed by atoms with Gasteiger partial charge >= 0.3 is 0 Å². The van der Waals surface area contributed by atoms with Gasteiger partial charge in [-0.15, -0.1) is 0 Å². The van der Waals surface area contributed by atoms with Crippen LogP contribution in [-0.2, 0) is 14.3 Å². The monoisotopic (exact) mass is 197 g/mol. The summed E-state index contributed by atoms with van der Waals surface area (Å²) in [6, 6.07) is 0. The van der Waals surface area contributed by atoms with Crippen molar-refractivity contribution in [1.29, 1.82) is 0 Å². The Morgan fingerprint density at radius 3 is 2.50 bits per heavy atom. The summed E-state index contributed by atoms with van der Waals surface area (Å²) < 4.78 is 5.43. The fraction of sp³-hybridized carbons (Fsp3) is 0.600. The average Bonchev–Trinajstić information content (AvgIpc) is 2.21. The molecule has 0 aromatic heterocycles. The zero-order valence-corrected chi connectivity index (χ0v) is 8.61. The van der Waals surface area contributed by atoms with Crippen LogP contribution in [0, 0.1) is 5.92 Å². The molecule has 0 spiro atoms. The number of rotatable bonds is 1. The van der Waals surface area contributed by atoms with Gasteiger partial charge in [0.1, 0.15) is 0 Å². The fourth-order valence-corrected chi connectivity index (χ4v) is 1.24. The lowest BCUT2D eigenvalue weighted by Gasteiger charge is -2.16. The van der Waals surface area contributed by atoms with Crippen LogP contribution >= 0.6 is 0 Å². The molecule has 2 amide bonds. The lowest BCUT2D eigenvalue weighted by Crippen LogP contribution is -2.37. The second-order valence-corrected chi connectivity index (χ2v) is 3.43. The third-order valence-corrected chi connectivity index (χ3v) is 2.35. The molecular formula is C10H15NO3. The predicted molar refractivity (Wildman–Crippen MR) is 51.5 cm³/mol. The molecule has 4 nitrogen and oxygen atoms in total. The van der Waals surface area contributed by atoms with E-state index < -0.39 is 6.10 Å². The van der Waals surface area contributed by atoms with E-state index in [1.807, 2.05) is 0 Å². The van der Waals surface area contributed by atoms with Crippen LogP contribution in [-0.4, -0.2) is 24.0 Å². The van der Waals surface area contributed by atoms with E-state index in [0.717, 1.165) is 0 Å². The van der Waals surface area contributed by atoms with Gasteiger partial charge in [0.05, 0.1) is 12.0 Å². The van der Waals surface area contributed by atoms with Gasteiger partial charge in [0.15, 0.2) is 6.10 Å². The van der Waals surface area contributed by atoms with E-state index in [9.17, 15) is 9.59 Å². The predicted octanol–water partition coefficient (Wildman–Crippen LogP) is 0.629. The molecule has 78 valence electrons. The molecule has 4 heteroatoms. The Labute approximate surface area is 83.3 Å². The Morgan fingerprint density at radius 2 is 1.93 bits per heavy atom. The van der Waals surface area contributed by atoms with E-state index >= 15 is 0 Å². The lowest BCUT2D eigenvalue weighted by molar-refractivity contribution is -0.132. The second kappa shape index (κ2) is 4.37. The maximum atomic E-state index is 11.4. The van der Waals surface area contributed by atoms with Gasteiger partial charge in [-0.3, -0.25) is 14.9 Å². The highest BCUT2D eigenvalue weighted by atomic mass is 16.5. The van der Waals surface area contributed by atoms with Crippen molar-refractivity contribution < 1.29 is 14.3 Å². The van der Waals surface area contributed by atoms with Gasteiger partial charge in [-0.05, 0) is 13.8 Å². The maximum absolute atomic E-state index is 11.4. The van der Waals surface area contributed by atoms with Gasteiger partial charge in [-0.2, -0.15) is 0 Å². The van der Waals surface area contributed by atoms with Crippen LogP contribution in [0.3, 0.4) is 0 Å². The number of hydrogen-bond acceptors (Lipinski definition) is 3. The number of amides is 2. The topological polar surface area (TPSA) is 55.4 Å². The van der Waals surface area contributed by atoms with Gasteiger partial charge in [0.25, 0.3) is 5.91 Å². The highest BCUT2D eigenvalue weighted by Crippen LogP contribution is 2.14. The Balaban J connectivity index is 2.83. The first-order valence-corrected chi connectivity index (χ1v) is 4.69. The Hall–Kier alpha value is -1.16. The first kappa shape index (κ1) is 10.9. The van der Waals surface area contributed by atoms with Crippen molar-refractivity contribution in [2.24, 2.45) is 5.92 Å². The van der Waals surface area contributed by atoms with E-state index in [0.29, 0.717) is 0 Å². The van der Waals surface area contributed by atoms with Crippen molar-refractivity contribution in [2.45, 2.75) is 33.0 Å². The van der Waals surface area contributed by atoms with E-state index in [4.69, 9.17) is 4.74 Å². The van der Waals surface area contributed by atoms with Crippen molar-refractivity contribution in [2.75, 3.05) is 0 Å². The number of imide groups is 1. The molecule has 14 heavy (non-hydrogen) atoms. The molecule has 1 fully saturated rings. The summed E-state index contributed by atoms with van der Waals surface area (Å²) in [5, 5.41) is 2.30. The van der Waals surface area contributed by atoms with Gasteiger partial charge in [-0.1, -0.05) is 19.1 Å². The number of ether oxygens (including phenoxy) is 1. The number of hydrogen-bond donors (Lipinski definition) is 1. The molecule has 3 atom stereocenters. The fourth-order valence-electron chi connectivity index (χ4n) is 1.24. The van der Waals surface area contributed by atoms with E-state index in [1.165, 1.54) is 0 Å². The summed E-state index contributed by atoms with van der Waals surface area (Å²) in [5.74, 6) is -0.951. The molecule has 1 heterocycles. The number of carbonyl (C=O) groups is 2. The quantitative estimate of drug-likeness (QED) is 0.495. The largest absolute Gasteiger partial charge is 0.360 e. The standard InChI is InChI=1S/C10H15NO3/c1-4-5-8-10(13)11-9(12)6(2)7(3)14-8/h4-8H,1-3H3,(H,11,12,13)/b5-4-. The van der Waals surface area contributed by atoms with Crippen LogP contribution in [0.2, 0.25) is 0 Å². The first-order chi connectivity index (χ1) is 6.56.